The lowest BCUT2D eigenvalue weighted by Crippen LogP contribution is -2.34. The van der Waals surface area contributed by atoms with Gasteiger partial charge >= 0.3 is 0 Å². The predicted molar refractivity (Wildman–Crippen MR) is 124 cm³/mol. The highest BCUT2D eigenvalue weighted by Gasteiger charge is 2.32. The summed E-state index contributed by atoms with van der Waals surface area (Å²) in [4.78, 5) is 17.2. The third-order valence-electron chi connectivity index (χ3n) is 5.02. The number of aromatic nitrogens is 1. The molecule has 162 valence electrons. The predicted octanol–water partition coefficient (Wildman–Crippen LogP) is 4.44. The lowest BCUT2D eigenvalue weighted by atomic mass is 10.1. The molecule has 0 spiro atoms. The van der Waals surface area contributed by atoms with Crippen LogP contribution in [0.3, 0.4) is 0 Å². The van der Waals surface area contributed by atoms with Crippen LogP contribution in [0.5, 0.6) is 5.75 Å². The van der Waals surface area contributed by atoms with E-state index in [2.05, 4.69) is 10.3 Å². The number of nitrogens with one attached hydrogen (secondary N) is 1. The molecule has 7 nitrogen and oxygen atoms in total. The van der Waals surface area contributed by atoms with Crippen molar-refractivity contribution in [2.24, 2.45) is 0 Å². The molecule has 0 saturated carbocycles. The number of sulfonamides is 1. The second-order valence-electron chi connectivity index (χ2n) is 7.30. The summed E-state index contributed by atoms with van der Waals surface area (Å²) in [6, 6.07) is 10.2. The lowest BCUT2D eigenvalue weighted by Gasteiger charge is -2.21. The molecule has 0 aliphatic carbocycles. The van der Waals surface area contributed by atoms with Crippen molar-refractivity contribution in [2.45, 2.75) is 19.4 Å². The Labute approximate surface area is 189 Å². The van der Waals surface area contributed by atoms with E-state index in [9.17, 15) is 13.2 Å². The highest BCUT2D eigenvalue weighted by molar-refractivity contribution is 7.92. The van der Waals surface area contributed by atoms with Gasteiger partial charge in [0.2, 0.25) is 10.0 Å². The van der Waals surface area contributed by atoms with Gasteiger partial charge in [0.15, 0.2) is 5.13 Å². The van der Waals surface area contributed by atoms with Gasteiger partial charge in [-0.2, -0.15) is 0 Å². The Hall–Kier alpha value is -2.62. The van der Waals surface area contributed by atoms with Gasteiger partial charge in [-0.1, -0.05) is 11.6 Å². The Kier molecular flexibility index (Phi) is 5.67. The Balaban J connectivity index is 1.53. The molecule has 0 unspecified atom stereocenters. The van der Waals surface area contributed by atoms with Crippen LogP contribution in [0.2, 0.25) is 5.02 Å². The fraction of sp³-hybridized carbons (Fsp3) is 0.238. The van der Waals surface area contributed by atoms with Gasteiger partial charge in [-0.25, -0.2) is 13.4 Å². The van der Waals surface area contributed by atoms with Gasteiger partial charge in [0.05, 0.1) is 29.8 Å². The number of nitrogens with zero attached hydrogens (tertiary/aromatic N) is 2. The number of thiazole rings is 1. The van der Waals surface area contributed by atoms with E-state index >= 15 is 0 Å². The third kappa shape index (κ3) is 4.26. The first kappa shape index (κ1) is 21.6. The van der Waals surface area contributed by atoms with Crippen molar-refractivity contribution in [1.29, 1.82) is 0 Å². The number of benzene rings is 2. The Morgan fingerprint density at radius 3 is 2.74 bits per heavy atom. The van der Waals surface area contributed by atoms with Crippen LogP contribution < -0.4 is 14.4 Å². The second kappa shape index (κ2) is 8.14. The summed E-state index contributed by atoms with van der Waals surface area (Å²) < 4.78 is 30.7. The Bertz CT molecular complexity index is 1270. The summed E-state index contributed by atoms with van der Waals surface area (Å²) in [6.45, 7) is 1.85. The van der Waals surface area contributed by atoms with Crippen molar-refractivity contribution < 1.29 is 17.9 Å². The fourth-order valence-electron chi connectivity index (χ4n) is 3.71. The molecule has 0 radical (unpaired) electrons. The van der Waals surface area contributed by atoms with Gasteiger partial charge in [0.25, 0.3) is 5.91 Å². The minimum absolute atomic E-state index is 0.179. The average molecular weight is 478 g/mol. The Morgan fingerprint density at radius 2 is 2.06 bits per heavy atom. The monoisotopic (exact) mass is 477 g/mol. The molecule has 4 rings (SSSR count). The van der Waals surface area contributed by atoms with E-state index in [1.807, 2.05) is 18.4 Å². The van der Waals surface area contributed by atoms with E-state index in [-0.39, 0.29) is 11.9 Å². The molecular weight excluding hydrogens is 458 g/mol. The van der Waals surface area contributed by atoms with Gasteiger partial charge in [-0.3, -0.25) is 14.4 Å². The smallest absolute Gasteiger partial charge is 0.257 e. The average Bonchev–Trinajstić information content (AvgIpc) is 3.30. The maximum atomic E-state index is 12.7. The van der Waals surface area contributed by atoms with Crippen molar-refractivity contribution in [2.75, 3.05) is 23.0 Å². The molecule has 1 aliphatic rings. The molecule has 10 heteroatoms. The van der Waals surface area contributed by atoms with Crippen LogP contribution in [0.15, 0.2) is 41.8 Å². The number of carbonyl (C=O) groups is 1. The zero-order valence-corrected chi connectivity index (χ0v) is 19.4. The first-order valence-corrected chi connectivity index (χ1v) is 12.5. The molecule has 31 heavy (non-hydrogen) atoms. The SMILES string of the molecule is COc1ccc(-c2csc(NC(=O)c3ccc4c(c3)C[C@@H](C)N4S(C)(=O)=O)n2)cc1Cl. The van der Waals surface area contributed by atoms with Crippen LogP contribution in [0.25, 0.3) is 11.3 Å². The van der Waals surface area contributed by atoms with Gasteiger partial charge < -0.3 is 4.74 Å². The topological polar surface area (TPSA) is 88.6 Å². The van der Waals surface area contributed by atoms with E-state index in [1.54, 1.807) is 37.4 Å². The number of halogens is 1. The summed E-state index contributed by atoms with van der Waals surface area (Å²) in [5, 5.41) is 5.58. The first-order valence-electron chi connectivity index (χ1n) is 9.40. The van der Waals surface area contributed by atoms with Gasteiger partial charge in [0, 0.05) is 22.5 Å². The van der Waals surface area contributed by atoms with E-state index in [1.165, 1.54) is 21.9 Å². The summed E-state index contributed by atoms with van der Waals surface area (Å²) >= 11 is 7.49. The summed E-state index contributed by atoms with van der Waals surface area (Å²) in [7, 11) is -1.82. The number of hydrogen-bond acceptors (Lipinski definition) is 6. The van der Waals surface area contributed by atoms with Crippen LogP contribution in [-0.4, -0.2) is 38.7 Å². The molecule has 1 aromatic heterocycles. The molecule has 1 amide bonds. The molecule has 0 fully saturated rings. The normalized spacial score (nSPS) is 15.6. The fourth-order valence-corrected chi connectivity index (χ4v) is 5.94. The zero-order valence-electron chi connectivity index (χ0n) is 17.0. The Morgan fingerprint density at radius 1 is 1.29 bits per heavy atom. The molecule has 0 saturated heterocycles. The molecule has 1 aliphatic heterocycles. The molecular formula is C21H20ClN3O4S2. The molecule has 3 aromatic rings. The van der Waals surface area contributed by atoms with E-state index < -0.39 is 10.0 Å². The summed E-state index contributed by atoms with van der Waals surface area (Å²) in [5.41, 5.74) is 3.41. The van der Waals surface area contributed by atoms with Crippen LogP contribution in [-0.2, 0) is 16.4 Å². The quantitative estimate of drug-likeness (QED) is 0.587. The van der Waals surface area contributed by atoms with Gasteiger partial charge in [0.1, 0.15) is 5.75 Å². The molecule has 1 N–H and O–H groups in total. The number of amides is 1. The minimum Gasteiger partial charge on any atom is -0.495 e. The molecule has 2 heterocycles. The number of ether oxygens (including phenoxy) is 1. The maximum Gasteiger partial charge on any atom is 0.257 e. The highest BCUT2D eigenvalue weighted by Crippen LogP contribution is 2.35. The van der Waals surface area contributed by atoms with Crippen LogP contribution >= 0.6 is 22.9 Å². The van der Waals surface area contributed by atoms with Crippen molar-refractivity contribution >= 4 is 49.7 Å². The number of hydrogen-bond donors (Lipinski definition) is 1. The maximum absolute atomic E-state index is 12.7. The van der Waals surface area contributed by atoms with Crippen molar-refractivity contribution in [3.05, 3.63) is 57.9 Å². The van der Waals surface area contributed by atoms with Crippen molar-refractivity contribution in [3.63, 3.8) is 0 Å². The van der Waals surface area contributed by atoms with Crippen LogP contribution in [0.1, 0.15) is 22.8 Å². The standard InChI is InChI=1S/C21H20ClN3O4S2/c1-12-8-15-9-14(4-6-18(15)25(12)31(3,27)28)20(26)24-21-23-17(11-30-21)13-5-7-19(29-2)16(22)10-13/h4-7,9-12H,8H2,1-3H3,(H,23,24,26)/t12-/m1/s1. The molecule has 2 aromatic carbocycles. The third-order valence-corrected chi connectivity index (χ3v) is 7.35. The number of rotatable bonds is 5. The number of fused-ring (bicyclic) bond motifs is 1. The zero-order chi connectivity index (χ0) is 22.3. The lowest BCUT2D eigenvalue weighted by molar-refractivity contribution is 0.102. The van der Waals surface area contributed by atoms with Crippen molar-refractivity contribution in [1.82, 2.24) is 4.98 Å². The minimum atomic E-state index is -3.37. The van der Waals surface area contributed by atoms with E-state index in [0.29, 0.717) is 39.3 Å². The van der Waals surface area contributed by atoms with Gasteiger partial charge in [-0.05, 0) is 55.3 Å². The second-order valence-corrected chi connectivity index (χ2v) is 10.4. The number of methoxy groups -OCH3 is 1. The van der Waals surface area contributed by atoms with E-state index in [0.717, 1.165) is 11.1 Å². The van der Waals surface area contributed by atoms with Gasteiger partial charge in [-0.15, -0.1) is 11.3 Å². The van der Waals surface area contributed by atoms with E-state index in [4.69, 9.17) is 16.3 Å². The summed E-state index contributed by atoms with van der Waals surface area (Å²) in [5.74, 6) is 0.275. The number of anilines is 2. The summed E-state index contributed by atoms with van der Waals surface area (Å²) in [6.07, 6.45) is 1.75. The van der Waals surface area contributed by atoms with Crippen LogP contribution in [0, 0.1) is 0 Å². The largest absolute Gasteiger partial charge is 0.495 e. The first-order chi connectivity index (χ1) is 14.7. The molecule has 0 bridgehead atoms. The van der Waals surface area contributed by atoms with Crippen LogP contribution in [0.4, 0.5) is 10.8 Å². The molecule has 1 atom stereocenters. The van der Waals surface area contributed by atoms with Crippen molar-refractivity contribution in [3.8, 4) is 17.0 Å². The highest BCUT2D eigenvalue weighted by atomic mass is 35.5. The number of carbonyl (C=O) groups excluding carboxylic acids is 1.